The zero-order valence-corrected chi connectivity index (χ0v) is 15.9. The first-order chi connectivity index (χ1) is 12.2. The van der Waals surface area contributed by atoms with Crippen molar-refractivity contribution in [1.82, 2.24) is 29.6 Å². The van der Waals surface area contributed by atoms with Crippen molar-refractivity contribution in [3.63, 3.8) is 0 Å². The third kappa shape index (κ3) is 3.47. The van der Waals surface area contributed by atoms with Gasteiger partial charge in [-0.1, -0.05) is 11.8 Å². The Labute approximate surface area is 155 Å². The molecule has 0 spiro atoms. The van der Waals surface area contributed by atoms with Crippen LogP contribution in [0.2, 0.25) is 0 Å². The van der Waals surface area contributed by atoms with Crippen molar-refractivity contribution < 1.29 is 0 Å². The molecule has 130 valence electrons. The number of piperidine rings is 1. The van der Waals surface area contributed by atoms with Gasteiger partial charge >= 0.3 is 0 Å². The molecule has 0 saturated carbocycles. The Morgan fingerprint density at radius 1 is 1.24 bits per heavy atom. The summed E-state index contributed by atoms with van der Waals surface area (Å²) in [6.45, 7) is 2.17. The number of thiazole rings is 1. The summed E-state index contributed by atoms with van der Waals surface area (Å²) < 4.78 is 3.14. The maximum Gasteiger partial charge on any atom is 0.183 e. The van der Waals surface area contributed by atoms with Crippen LogP contribution in [0.25, 0.3) is 22.9 Å². The van der Waals surface area contributed by atoms with Gasteiger partial charge in [0.1, 0.15) is 10.0 Å². The van der Waals surface area contributed by atoms with Gasteiger partial charge in [-0.3, -0.25) is 4.98 Å². The third-order valence-electron chi connectivity index (χ3n) is 4.47. The Morgan fingerprint density at radius 3 is 2.76 bits per heavy atom. The second-order valence-electron chi connectivity index (χ2n) is 6.18. The summed E-state index contributed by atoms with van der Waals surface area (Å²) in [7, 11) is 2.17. The molecule has 0 aliphatic carbocycles. The van der Waals surface area contributed by atoms with Gasteiger partial charge in [-0.2, -0.15) is 5.10 Å². The fourth-order valence-electron chi connectivity index (χ4n) is 3.06. The topological polar surface area (TPSA) is 59.7 Å². The van der Waals surface area contributed by atoms with E-state index in [9.17, 15) is 0 Å². The van der Waals surface area contributed by atoms with Crippen LogP contribution in [0.5, 0.6) is 0 Å². The summed E-state index contributed by atoms with van der Waals surface area (Å²) in [6.07, 6.45) is 7.79. The molecule has 3 aromatic heterocycles. The van der Waals surface area contributed by atoms with E-state index in [1.54, 1.807) is 29.3 Å². The number of pyridine rings is 1. The molecule has 25 heavy (non-hydrogen) atoms. The minimum absolute atomic E-state index is 0.364. The van der Waals surface area contributed by atoms with Crippen molar-refractivity contribution >= 4 is 23.1 Å². The number of aromatic nitrogens is 5. The molecule has 0 N–H and O–H groups in total. The van der Waals surface area contributed by atoms with Crippen LogP contribution in [0, 0.1) is 0 Å². The van der Waals surface area contributed by atoms with Gasteiger partial charge in [0.2, 0.25) is 0 Å². The standard InChI is InChI=1S/C17H20N6S2/c1-22-8-5-13(6-9-22)23-16(14-11-25-17(19-14)24-2)20-15(21-23)12-4-3-7-18-10-12/h3-4,7,10-11,13H,5-6,8-9H2,1-2H3. The van der Waals surface area contributed by atoms with E-state index in [1.807, 2.05) is 24.6 Å². The molecule has 0 atom stereocenters. The summed E-state index contributed by atoms with van der Waals surface area (Å²) in [5.74, 6) is 1.59. The van der Waals surface area contributed by atoms with E-state index >= 15 is 0 Å². The molecular formula is C17H20N6S2. The average Bonchev–Trinajstić information content (AvgIpc) is 3.30. The number of hydrogen-bond donors (Lipinski definition) is 0. The highest BCUT2D eigenvalue weighted by Gasteiger charge is 2.25. The van der Waals surface area contributed by atoms with E-state index < -0.39 is 0 Å². The SMILES string of the molecule is CSc1nc(-c2nc(-c3cccnc3)nn2C2CCN(C)CC2)cs1. The minimum Gasteiger partial charge on any atom is -0.306 e. The van der Waals surface area contributed by atoms with E-state index in [0.717, 1.165) is 53.2 Å². The van der Waals surface area contributed by atoms with Gasteiger partial charge in [-0.05, 0) is 51.4 Å². The number of nitrogens with zero attached hydrogens (tertiary/aromatic N) is 6. The highest BCUT2D eigenvalue weighted by molar-refractivity contribution is 8.00. The molecule has 0 amide bonds. The van der Waals surface area contributed by atoms with Crippen LogP contribution in [-0.2, 0) is 0 Å². The Morgan fingerprint density at radius 2 is 2.08 bits per heavy atom. The fraction of sp³-hybridized carbons (Fsp3) is 0.412. The highest BCUT2D eigenvalue weighted by atomic mass is 32.2. The van der Waals surface area contributed by atoms with Gasteiger partial charge in [-0.15, -0.1) is 11.3 Å². The summed E-state index contributed by atoms with van der Waals surface area (Å²) in [5, 5.41) is 6.92. The Hall–Kier alpha value is -1.77. The summed E-state index contributed by atoms with van der Waals surface area (Å²) in [6, 6.07) is 4.28. The predicted octanol–water partition coefficient (Wildman–Crippen LogP) is 3.45. The lowest BCUT2D eigenvalue weighted by atomic mass is 10.1. The van der Waals surface area contributed by atoms with Crippen molar-refractivity contribution in [1.29, 1.82) is 0 Å². The fourth-order valence-corrected chi connectivity index (χ4v) is 4.30. The minimum atomic E-state index is 0.364. The average molecular weight is 373 g/mol. The zero-order chi connectivity index (χ0) is 17.2. The molecule has 0 radical (unpaired) electrons. The lowest BCUT2D eigenvalue weighted by Crippen LogP contribution is -2.32. The van der Waals surface area contributed by atoms with E-state index in [1.165, 1.54) is 0 Å². The first kappa shape index (κ1) is 16.7. The third-order valence-corrected chi connectivity index (χ3v) is 6.34. The van der Waals surface area contributed by atoms with Crippen molar-refractivity contribution in [2.45, 2.75) is 23.2 Å². The van der Waals surface area contributed by atoms with Crippen LogP contribution in [-0.4, -0.2) is 56.0 Å². The molecule has 8 heteroatoms. The van der Waals surface area contributed by atoms with Crippen molar-refractivity contribution in [2.24, 2.45) is 0 Å². The summed E-state index contributed by atoms with van der Waals surface area (Å²) >= 11 is 3.32. The quantitative estimate of drug-likeness (QED) is 0.654. The van der Waals surface area contributed by atoms with E-state index in [2.05, 4.69) is 27.0 Å². The molecule has 1 aliphatic heterocycles. The Balaban J connectivity index is 1.76. The number of hydrogen-bond acceptors (Lipinski definition) is 7. The van der Waals surface area contributed by atoms with Crippen LogP contribution in [0.1, 0.15) is 18.9 Å². The van der Waals surface area contributed by atoms with E-state index in [-0.39, 0.29) is 0 Å². The van der Waals surface area contributed by atoms with Crippen molar-refractivity contribution in [2.75, 3.05) is 26.4 Å². The maximum atomic E-state index is 4.85. The monoisotopic (exact) mass is 372 g/mol. The van der Waals surface area contributed by atoms with Gasteiger partial charge < -0.3 is 4.90 Å². The number of likely N-dealkylation sites (tertiary alicyclic amines) is 1. The second-order valence-corrected chi connectivity index (χ2v) is 8.09. The van der Waals surface area contributed by atoms with Gasteiger partial charge in [-0.25, -0.2) is 14.6 Å². The van der Waals surface area contributed by atoms with Crippen LogP contribution >= 0.6 is 23.1 Å². The van der Waals surface area contributed by atoms with E-state index in [4.69, 9.17) is 15.1 Å². The van der Waals surface area contributed by atoms with Gasteiger partial charge in [0.25, 0.3) is 0 Å². The Bertz CT molecular complexity index is 836. The van der Waals surface area contributed by atoms with Gasteiger partial charge in [0.15, 0.2) is 11.6 Å². The first-order valence-corrected chi connectivity index (χ1v) is 10.4. The van der Waals surface area contributed by atoms with Gasteiger partial charge in [0, 0.05) is 23.3 Å². The smallest absolute Gasteiger partial charge is 0.183 e. The first-order valence-electron chi connectivity index (χ1n) is 8.30. The highest BCUT2D eigenvalue weighted by Crippen LogP contribution is 2.31. The molecule has 0 unspecified atom stereocenters. The summed E-state index contributed by atoms with van der Waals surface area (Å²) in [5.41, 5.74) is 1.85. The second kappa shape index (κ2) is 7.23. The van der Waals surface area contributed by atoms with Crippen molar-refractivity contribution in [3.8, 4) is 22.9 Å². The van der Waals surface area contributed by atoms with Crippen LogP contribution < -0.4 is 0 Å². The van der Waals surface area contributed by atoms with Gasteiger partial charge in [0.05, 0.1) is 6.04 Å². The lowest BCUT2D eigenvalue weighted by Gasteiger charge is -2.29. The van der Waals surface area contributed by atoms with Crippen LogP contribution in [0.4, 0.5) is 0 Å². The molecule has 3 aromatic rings. The van der Waals surface area contributed by atoms with Crippen molar-refractivity contribution in [3.05, 3.63) is 29.9 Å². The van der Waals surface area contributed by atoms with Crippen LogP contribution in [0.3, 0.4) is 0 Å². The lowest BCUT2D eigenvalue weighted by molar-refractivity contribution is 0.213. The van der Waals surface area contributed by atoms with Crippen LogP contribution in [0.15, 0.2) is 34.2 Å². The molecule has 1 saturated heterocycles. The molecule has 1 aliphatic rings. The molecule has 0 bridgehead atoms. The number of thioether (sulfide) groups is 1. The Kier molecular flexibility index (Phi) is 4.82. The summed E-state index contributed by atoms with van der Waals surface area (Å²) in [4.78, 5) is 16.1. The maximum absolute atomic E-state index is 4.85. The zero-order valence-electron chi connectivity index (χ0n) is 14.3. The predicted molar refractivity (Wildman–Crippen MR) is 102 cm³/mol. The molecular weight excluding hydrogens is 352 g/mol. The molecule has 4 rings (SSSR count). The molecule has 6 nitrogen and oxygen atoms in total. The normalized spacial score (nSPS) is 16.4. The van der Waals surface area contributed by atoms with E-state index in [0.29, 0.717) is 6.04 Å². The molecule has 4 heterocycles. The molecule has 0 aromatic carbocycles. The number of rotatable bonds is 4. The molecule has 1 fully saturated rings. The largest absolute Gasteiger partial charge is 0.306 e.